The predicted octanol–water partition coefficient (Wildman–Crippen LogP) is 0.432. The van der Waals surface area contributed by atoms with Crippen molar-refractivity contribution in [2.45, 2.75) is 38.8 Å². The van der Waals surface area contributed by atoms with Crippen LogP contribution in [0.1, 0.15) is 36.5 Å². The molecule has 1 atom stereocenters. The number of hydrogen-bond acceptors (Lipinski definition) is 6. The summed E-state index contributed by atoms with van der Waals surface area (Å²) in [4.78, 5) is 48.0. The number of rotatable bonds is 5. The van der Waals surface area contributed by atoms with Crippen LogP contribution < -0.4 is 11.2 Å². The summed E-state index contributed by atoms with van der Waals surface area (Å²) in [6.45, 7) is 7.06. The molecule has 0 bridgehead atoms. The van der Waals surface area contributed by atoms with Gasteiger partial charge in [0.1, 0.15) is 5.65 Å². The van der Waals surface area contributed by atoms with Crippen molar-refractivity contribution >= 4 is 16.9 Å². The van der Waals surface area contributed by atoms with Crippen LogP contribution in [0.25, 0.3) is 11.0 Å². The van der Waals surface area contributed by atoms with E-state index in [1.54, 1.807) is 11.0 Å². The number of carbonyl (C=O) groups is 1. The van der Waals surface area contributed by atoms with Gasteiger partial charge in [-0.05, 0) is 25.3 Å². The van der Waals surface area contributed by atoms with Gasteiger partial charge in [-0.1, -0.05) is 6.92 Å². The van der Waals surface area contributed by atoms with Gasteiger partial charge in [-0.25, -0.2) is 9.78 Å². The van der Waals surface area contributed by atoms with E-state index in [1.807, 2.05) is 6.92 Å². The highest BCUT2D eigenvalue weighted by molar-refractivity contribution is 5.96. The van der Waals surface area contributed by atoms with E-state index in [1.165, 1.54) is 10.8 Å². The van der Waals surface area contributed by atoms with Gasteiger partial charge in [0.05, 0.1) is 17.1 Å². The van der Waals surface area contributed by atoms with Gasteiger partial charge in [-0.2, -0.15) is 0 Å². The molecular formula is C20H27N5O4. The number of aromatic amines is 1. The van der Waals surface area contributed by atoms with Gasteiger partial charge < -0.3 is 9.64 Å². The third kappa shape index (κ3) is 4.11. The van der Waals surface area contributed by atoms with Crippen LogP contribution in [0.4, 0.5) is 0 Å². The summed E-state index contributed by atoms with van der Waals surface area (Å²) in [5, 5.41) is 0.265. The standard InChI is InChI=1S/C20H27N5O4/c1-2-5-25-17-16(18(26)22-20(25)28)11-14(12-21-17)19(27)24-8-6-23(7-9-24)13-15-4-3-10-29-15/h11-12,15H,2-10,13H2,1H3,(H,22,26,28). The average molecular weight is 401 g/mol. The molecule has 9 heteroatoms. The Labute approximate surface area is 168 Å². The fraction of sp³-hybridized carbons (Fsp3) is 0.600. The summed E-state index contributed by atoms with van der Waals surface area (Å²) in [5.74, 6) is -0.135. The third-order valence-corrected chi connectivity index (χ3v) is 5.67. The Bertz CT molecular complexity index is 1000. The highest BCUT2D eigenvalue weighted by atomic mass is 16.5. The molecule has 156 valence electrons. The van der Waals surface area contributed by atoms with E-state index in [9.17, 15) is 14.4 Å². The molecule has 0 saturated carbocycles. The van der Waals surface area contributed by atoms with Crippen molar-refractivity contribution in [3.63, 3.8) is 0 Å². The first-order chi connectivity index (χ1) is 14.1. The summed E-state index contributed by atoms with van der Waals surface area (Å²) < 4.78 is 7.14. The lowest BCUT2D eigenvalue weighted by molar-refractivity contribution is 0.0432. The zero-order valence-electron chi connectivity index (χ0n) is 16.7. The van der Waals surface area contributed by atoms with Gasteiger partial charge in [0.25, 0.3) is 11.5 Å². The number of fused-ring (bicyclic) bond motifs is 1. The van der Waals surface area contributed by atoms with E-state index < -0.39 is 11.2 Å². The predicted molar refractivity (Wildman–Crippen MR) is 108 cm³/mol. The third-order valence-electron chi connectivity index (χ3n) is 5.67. The molecular weight excluding hydrogens is 374 g/mol. The van der Waals surface area contributed by atoms with Gasteiger partial charge in [-0.3, -0.25) is 24.0 Å². The first-order valence-electron chi connectivity index (χ1n) is 10.3. The maximum Gasteiger partial charge on any atom is 0.329 e. The summed E-state index contributed by atoms with van der Waals surface area (Å²) in [5.41, 5.74) is -0.296. The molecule has 0 aliphatic carbocycles. The lowest BCUT2D eigenvalue weighted by atomic mass is 10.1. The summed E-state index contributed by atoms with van der Waals surface area (Å²) in [6.07, 6.45) is 4.76. The lowest BCUT2D eigenvalue weighted by Gasteiger charge is -2.35. The highest BCUT2D eigenvalue weighted by Gasteiger charge is 2.26. The summed E-state index contributed by atoms with van der Waals surface area (Å²) >= 11 is 0. The molecule has 0 aromatic carbocycles. The molecule has 4 rings (SSSR count). The Hall–Kier alpha value is -2.52. The van der Waals surface area contributed by atoms with Crippen LogP contribution in [0.2, 0.25) is 0 Å². The SMILES string of the molecule is CCCn1c(=O)[nH]c(=O)c2cc(C(=O)N3CCN(CC4CCCO4)CC3)cnc21. The lowest BCUT2D eigenvalue weighted by Crippen LogP contribution is -2.50. The normalized spacial score (nSPS) is 20.4. The van der Waals surface area contributed by atoms with Crippen LogP contribution >= 0.6 is 0 Å². The average Bonchev–Trinajstić information content (AvgIpc) is 3.24. The van der Waals surface area contributed by atoms with E-state index >= 15 is 0 Å². The molecule has 2 aliphatic rings. The summed E-state index contributed by atoms with van der Waals surface area (Å²) in [7, 11) is 0. The molecule has 2 saturated heterocycles. The molecule has 9 nitrogen and oxygen atoms in total. The molecule has 1 amide bonds. The van der Waals surface area contributed by atoms with Crippen LogP contribution in [-0.4, -0.2) is 75.7 Å². The zero-order chi connectivity index (χ0) is 20.4. The van der Waals surface area contributed by atoms with Gasteiger partial charge >= 0.3 is 5.69 Å². The first kappa shape index (κ1) is 19.8. The monoisotopic (exact) mass is 401 g/mol. The van der Waals surface area contributed by atoms with Crippen molar-refractivity contribution in [1.29, 1.82) is 0 Å². The van der Waals surface area contributed by atoms with E-state index in [2.05, 4.69) is 14.9 Å². The van der Waals surface area contributed by atoms with Gasteiger partial charge in [0, 0.05) is 52.1 Å². The Morgan fingerprint density at radius 3 is 2.76 bits per heavy atom. The second kappa shape index (κ2) is 8.46. The molecule has 0 spiro atoms. The maximum atomic E-state index is 12.9. The fourth-order valence-electron chi connectivity index (χ4n) is 4.11. The quantitative estimate of drug-likeness (QED) is 0.780. The van der Waals surface area contributed by atoms with Crippen LogP contribution in [0, 0.1) is 0 Å². The molecule has 2 aliphatic heterocycles. The van der Waals surface area contributed by atoms with Gasteiger partial charge in [0.2, 0.25) is 0 Å². The van der Waals surface area contributed by atoms with E-state index in [4.69, 9.17) is 4.74 Å². The maximum absolute atomic E-state index is 12.9. The Balaban J connectivity index is 1.49. The summed E-state index contributed by atoms with van der Waals surface area (Å²) in [6, 6.07) is 1.55. The highest BCUT2D eigenvalue weighted by Crippen LogP contribution is 2.16. The molecule has 1 N–H and O–H groups in total. The van der Waals surface area contributed by atoms with Crippen LogP contribution in [-0.2, 0) is 11.3 Å². The number of nitrogens with zero attached hydrogens (tertiary/aromatic N) is 4. The van der Waals surface area contributed by atoms with E-state index in [-0.39, 0.29) is 11.3 Å². The number of aryl methyl sites for hydroxylation is 1. The van der Waals surface area contributed by atoms with E-state index in [0.29, 0.717) is 36.9 Å². The number of pyridine rings is 1. The Kier molecular flexibility index (Phi) is 5.77. The topological polar surface area (TPSA) is 101 Å². The second-order valence-electron chi connectivity index (χ2n) is 7.73. The number of aromatic nitrogens is 3. The Morgan fingerprint density at radius 2 is 2.07 bits per heavy atom. The number of nitrogens with one attached hydrogen (secondary N) is 1. The van der Waals surface area contributed by atoms with Gasteiger partial charge in [0.15, 0.2) is 0 Å². The number of carbonyl (C=O) groups excluding carboxylic acids is 1. The van der Waals surface area contributed by atoms with Crippen LogP contribution in [0.3, 0.4) is 0 Å². The fourth-order valence-corrected chi connectivity index (χ4v) is 4.11. The van der Waals surface area contributed by atoms with Crippen molar-refractivity contribution in [1.82, 2.24) is 24.3 Å². The largest absolute Gasteiger partial charge is 0.377 e. The number of H-pyrrole nitrogens is 1. The number of piperazine rings is 1. The second-order valence-corrected chi connectivity index (χ2v) is 7.73. The molecule has 2 fully saturated rings. The van der Waals surface area contributed by atoms with Crippen molar-refractivity contribution < 1.29 is 9.53 Å². The molecule has 29 heavy (non-hydrogen) atoms. The smallest absolute Gasteiger partial charge is 0.329 e. The van der Waals surface area contributed by atoms with Crippen LogP contribution in [0.15, 0.2) is 21.9 Å². The van der Waals surface area contributed by atoms with Crippen LogP contribution in [0.5, 0.6) is 0 Å². The minimum atomic E-state index is -0.513. The van der Waals surface area contributed by atoms with Crippen molar-refractivity contribution in [3.8, 4) is 0 Å². The molecule has 0 radical (unpaired) electrons. The number of hydrogen-bond donors (Lipinski definition) is 1. The zero-order valence-corrected chi connectivity index (χ0v) is 16.7. The van der Waals surface area contributed by atoms with Crippen molar-refractivity contribution in [3.05, 3.63) is 38.7 Å². The van der Waals surface area contributed by atoms with Crippen molar-refractivity contribution in [2.24, 2.45) is 0 Å². The number of ether oxygens (including phenoxy) is 1. The van der Waals surface area contributed by atoms with E-state index in [0.717, 1.165) is 45.5 Å². The Morgan fingerprint density at radius 1 is 1.28 bits per heavy atom. The molecule has 4 heterocycles. The molecule has 2 aromatic heterocycles. The minimum absolute atomic E-state index is 0.135. The van der Waals surface area contributed by atoms with Crippen molar-refractivity contribution in [2.75, 3.05) is 39.3 Å². The number of amides is 1. The van der Waals surface area contributed by atoms with Gasteiger partial charge in [-0.15, -0.1) is 0 Å². The molecule has 1 unspecified atom stereocenters. The minimum Gasteiger partial charge on any atom is -0.377 e. The molecule has 2 aromatic rings. The first-order valence-corrected chi connectivity index (χ1v) is 10.3.